The van der Waals surface area contributed by atoms with Crippen LogP contribution in [0.15, 0.2) is 24.3 Å². The number of hydrogen-bond acceptors (Lipinski definition) is 3. The normalized spacial score (nSPS) is 9.75. The van der Waals surface area contributed by atoms with E-state index in [4.69, 9.17) is 11.0 Å². The van der Waals surface area contributed by atoms with Gasteiger partial charge in [0.2, 0.25) is 0 Å². The standard InChI is InChI=1S/C13H19N3/c1-2-16(11-7-3-6-10-14)13-9-5-4-8-12(13)15/h4-5,8-9H,2-3,6-7,11,15H2,1H3. The van der Waals surface area contributed by atoms with Gasteiger partial charge in [0.25, 0.3) is 0 Å². The number of para-hydroxylation sites is 2. The van der Waals surface area contributed by atoms with Gasteiger partial charge in [-0.2, -0.15) is 5.26 Å². The van der Waals surface area contributed by atoms with Crippen LogP contribution in [0.5, 0.6) is 0 Å². The summed E-state index contributed by atoms with van der Waals surface area (Å²) in [4.78, 5) is 2.26. The summed E-state index contributed by atoms with van der Waals surface area (Å²) >= 11 is 0. The fourth-order valence-corrected chi connectivity index (χ4v) is 1.73. The van der Waals surface area contributed by atoms with Crippen LogP contribution in [0, 0.1) is 11.3 Å². The van der Waals surface area contributed by atoms with Crippen molar-refractivity contribution in [2.45, 2.75) is 26.2 Å². The van der Waals surface area contributed by atoms with E-state index in [0.29, 0.717) is 6.42 Å². The largest absolute Gasteiger partial charge is 0.397 e. The van der Waals surface area contributed by atoms with Crippen molar-refractivity contribution in [3.05, 3.63) is 24.3 Å². The quantitative estimate of drug-likeness (QED) is 0.589. The highest BCUT2D eigenvalue weighted by atomic mass is 15.1. The Labute approximate surface area is 97.5 Å². The second-order valence-electron chi connectivity index (χ2n) is 3.75. The molecule has 0 aliphatic heterocycles. The molecule has 1 aromatic carbocycles. The molecular formula is C13H19N3. The first-order valence-electron chi connectivity index (χ1n) is 5.76. The summed E-state index contributed by atoms with van der Waals surface area (Å²) in [6.07, 6.45) is 2.64. The fraction of sp³-hybridized carbons (Fsp3) is 0.462. The molecular weight excluding hydrogens is 198 g/mol. The van der Waals surface area contributed by atoms with Crippen molar-refractivity contribution in [2.24, 2.45) is 0 Å². The molecule has 1 aromatic rings. The van der Waals surface area contributed by atoms with Gasteiger partial charge in [-0.25, -0.2) is 0 Å². The van der Waals surface area contributed by atoms with Crippen LogP contribution in [0.2, 0.25) is 0 Å². The number of benzene rings is 1. The summed E-state index contributed by atoms with van der Waals surface area (Å²) in [6.45, 7) is 4.03. The number of nitrogen functional groups attached to an aromatic ring is 1. The van der Waals surface area contributed by atoms with Gasteiger partial charge in [-0.3, -0.25) is 0 Å². The van der Waals surface area contributed by atoms with Crippen LogP contribution in [0.1, 0.15) is 26.2 Å². The predicted octanol–water partition coefficient (Wildman–Crippen LogP) is 2.79. The van der Waals surface area contributed by atoms with Crippen LogP contribution in [-0.2, 0) is 0 Å². The van der Waals surface area contributed by atoms with Crippen molar-refractivity contribution < 1.29 is 0 Å². The Morgan fingerprint density at radius 2 is 2.06 bits per heavy atom. The Kier molecular flexibility index (Phi) is 5.21. The molecule has 0 atom stereocenters. The zero-order valence-electron chi connectivity index (χ0n) is 9.82. The Morgan fingerprint density at radius 1 is 1.31 bits per heavy atom. The van der Waals surface area contributed by atoms with Gasteiger partial charge in [0, 0.05) is 19.5 Å². The van der Waals surface area contributed by atoms with E-state index in [9.17, 15) is 0 Å². The highest BCUT2D eigenvalue weighted by Crippen LogP contribution is 2.22. The molecule has 0 fully saturated rings. The maximum Gasteiger partial charge on any atom is 0.0621 e. The van der Waals surface area contributed by atoms with Crippen molar-refractivity contribution in [1.82, 2.24) is 0 Å². The first kappa shape index (κ1) is 12.4. The zero-order chi connectivity index (χ0) is 11.8. The molecule has 86 valence electrons. The summed E-state index contributed by atoms with van der Waals surface area (Å²) < 4.78 is 0. The van der Waals surface area contributed by atoms with Gasteiger partial charge in [0.05, 0.1) is 17.4 Å². The van der Waals surface area contributed by atoms with Crippen LogP contribution in [-0.4, -0.2) is 13.1 Å². The molecule has 0 saturated heterocycles. The van der Waals surface area contributed by atoms with Gasteiger partial charge < -0.3 is 10.6 Å². The number of hydrogen-bond donors (Lipinski definition) is 1. The topological polar surface area (TPSA) is 53.0 Å². The van der Waals surface area contributed by atoms with Gasteiger partial charge in [0.1, 0.15) is 0 Å². The van der Waals surface area contributed by atoms with Crippen molar-refractivity contribution >= 4 is 11.4 Å². The van der Waals surface area contributed by atoms with Crippen LogP contribution < -0.4 is 10.6 Å². The van der Waals surface area contributed by atoms with E-state index >= 15 is 0 Å². The minimum atomic E-state index is 0.641. The van der Waals surface area contributed by atoms with E-state index in [2.05, 4.69) is 17.9 Å². The van der Waals surface area contributed by atoms with Crippen LogP contribution >= 0.6 is 0 Å². The SMILES string of the molecule is CCN(CCCCC#N)c1ccccc1N. The summed E-state index contributed by atoms with van der Waals surface area (Å²) in [7, 11) is 0. The Morgan fingerprint density at radius 3 is 2.69 bits per heavy atom. The molecule has 3 nitrogen and oxygen atoms in total. The van der Waals surface area contributed by atoms with Gasteiger partial charge in [-0.1, -0.05) is 12.1 Å². The molecule has 0 unspecified atom stereocenters. The molecule has 0 heterocycles. The van der Waals surface area contributed by atoms with Crippen molar-refractivity contribution in [1.29, 1.82) is 5.26 Å². The molecule has 3 heteroatoms. The van der Waals surface area contributed by atoms with E-state index in [1.165, 1.54) is 0 Å². The number of anilines is 2. The third kappa shape index (κ3) is 3.47. The molecule has 0 aliphatic rings. The molecule has 0 aliphatic carbocycles. The summed E-state index contributed by atoms with van der Waals surface area (Å²) in [5, 5.41) is 8.47. The van der Waals surface area contributed by atoms with Gasteiger partial charge in [0.15, 0.2) is 0 Å². The minimum absolute atomic E-state index is 0.641. The van der Waals surface area contributed by atoms with Gasteiger partial charge in [-0.05, 0) is 31.9 Å². The molecule has 0 spiro atoms. The average Bonchev–Trinajstić information content (AvgIpc) is 2.31. The summed E-state index contributed by atoms with van der Waals surface area (Å²) in [6, 6.07) is 10.1. The van der Waals surface area contributed by atoms with E-state index in [0.717, 1.165) is 37.3 Å². The van der Waals surface area contributed by atoms with E-state index in [1.54, 1.807) is 0 Å². The number of nitrogens with zero attached hydrogens (tertiary/aromatic N) is 2. The van der Waals surface area contributed by atoms with E-state index < -0.39 is 0 Å². The second-order valence-corrected chi connectivity index (χ2v) is 3.75. The lowest BCUT2D eigenvalue weighted by molar-refractivity contribution is 0.708. The summed E-state index contributed by atoms with van der Waals surface area (Å²) in [5.41, 5.74) is 7.86. The Balaban J connectivity index is 2.55. The first-order chi connectivity index (χ1) is 7.79. The van der Waals surface area contributed by atoms with Crippen LogP contribution in [0.3, 0.4) is 0 Å². The van der Waals surface area contributed by atoms with E-state index in [-0.39, 0.29) is 0 Å². The third-order valence-corrected chi connectivity index (χ3v) is 2.63. The lowest BCUT2D eigenvalue weighted by Crippen LogP contribution is -2.24. The predicted molar refractivity (Wildman–Crippen MR) is 68.2 cm³/mol. The summed E-state index contributed by atoms with van der Waals surface area (Å²) in [5.74, 6) is 0. The molecule has 2 N–H and O–H groups in total. The van der Waals surface area contributed by atoms with Gasteiger partial charge in [-0.15, -0.1) is 0 Å². The zero-order valence-corrected chi connectivity index (χ0v) is 9.82. The highest BCUT2D eigenvalue weighted by Gasteiger charge is 2.06. The molecule has 0 saturated carbocycles. The first-order valence-corrected chi connectivity index (χ1v) is 5.76. The maximum absolute atomic E-state index is 8.47. The number of nitriles is 1. The molecule has 0 radical (unpaired) electrons. The lowest BCUT2D eigenvalue weighted by Gasteiger charge is -2.24. The number of unbranched alkanes of at least 4 members (excludes halogenated alkanes) is 2. The molecule has 1 rings (SSSR count). The van der Waals surface area contributed by atoms with Crippen molar-refractivity contribution in [2.75, 3.05) is 23.7 Å². The lowest BCUT2D eigenvalue weighted by atomic mass is 10.2. The van der Waals surface area contributed by atoms with Crippen LogP contribution in [0.4, 0.5) is 11.4 Å². The van der Waals surface area contributed by atoms with Crippen molar-refractivity contribution in [3.8, 4) is 6.07 Å². The van der Waals surface area contributed by atoms with Crippen LogP contribution in [0.25, 0.3) is 0 Å². The highest BCUT2D eigenvalue weighted by molar-refractivity contribution is 5.67. The smallest absolute Gasteiger partial charge is 0.0621 e. The third-order valence-electron chi connectivity index (χ3n) is 2.63. The van der Waals surface area contributed by atoms with E-state index in [1.807, 2.05) is 24.3 Å². The monoisotopic (exact) mass is 217 g/mol. The Hall–Kier alpha value is -1.69. The number of rotatable bonds is 6. The molecule has 16 heavy (non-hydrogen) atoms. The Bertz CT molecular complexity index is 354. The minimum Gasteiger partial charge on any atom is -0.397 e. The fourth-order valence-electron chi connectivity index (χ4n) is 1.73. The average molecular weight is 217 g/mol. The number of nitrogens with two attached hydrogens (primary N) is 1. The molecule has 0 amide bonds. The maximum atomic E-state index is 8.47. The van der Waals surface area contributed by atoms with Gasteiger partial charge >= 0.3 is 0 Å². The second kappa shape index (κ2) is 6.73. The molecule has 0 bridgehead atoms. The molecule has 0 aromatic heterocycles. The van der Waals surface area contributed by atoms with Crippen molar-refractivity contribution in [3.63, 3.8) is 0 Å².